The summed E-state index contributed by atoms with van der Waals surface area (Å²) in [5.41, 5.74) is 1.45. The lowest BCUT2D eigenvalue weighted by Crippen LogP contribution is -2.42. The van der Waals surface area contributed by atoms with Crippen LogP contribution in [-0.4, -0.2) is 73.1 Å². The number of likely N-dealkylation sites (N-methyl/N-ethyl adjacent to an activating group) is 1. The maximum atomic E-state index is 12.4. The predicted molar refractivity (Wildman–Crippen MR) is 95.0 cm³/mol. The highest BCUT2D eigenvalue weighted by molar-refractivity contribution is 7.10. The van der Waals surface area contributed by atoms with E-state index in [1.807, 2.05) is 23.3 Å². The summed E-state index contributed by atoms with van der Waals surface area (Å²) in [5.74, 6) is 0.243. The van der Waals surface area contributed by atoms with E-state index in [2.05, 4.69) is 21.2 Å². The largest absolute Gasteiger partial charge is 0.378 e. The third-order valence-corrected chi connectivity index (χ3v) is 6.48. The van der Waals surface area contributed by atoms with Crippen LogP contribution in [0.3, 0.4) is 0 Å². The van der Waals surface area contributed by atoms with Crippen LogP contribution < -0.4 is 0 Å². The van der Waals surface area contributed by atoms with Crippen LogP contribution in [-0.2, 0) is 22.6 Å². The zero-order valence-corrected chi connectivity index (χ0v) is 15.3. The van der Waals surface area contributed by atoms with E-state index in [-0.39, 0.29) is 17.9 Å². The average molecular weight is 350 g/mol. The van der Waals surface area contributed by atoms with Crippen molar-refractivity contribution in [2.45, 2.75) is 32.0 Å². The molecule has 4 heterocycles. The summed E-state index contributed by atoms with van der Waals surface area (Å²) in [4.78, 5) is 20.8. The van der Waals surface area contributed by atoms with Crippen molar-refractivity contribution in [1.29, 1.82) is 0 Å². The first-order chi connectivity index (χ1) is 11.7. The van der Waals surface area contributed by atoms with Crippen LogP contribution in [0.2, 0.25) is 0 Å². The Kier molecular flexibility index (Phi) is 4.90. The first kappa shape index (κ1) is 16.5. The van der Waals surface area contributed by atoms with Crippen LogP contribution in [0.15, 0.2) is 11.4 Å². The number of ether oxygens (including phenoxy) is 1. The Balaban J connectivity index is 1.40. The van der Waals surface area contributed by atoms with E-state index in [9.17, 15) is 4.79 Å². The number of nitrogens with zero attached hydrogens (tertiary/aromatic N) is 3. The number of amides is 1. The summed E-state index contributed by atoms with van der Waals surface area (Å²) < 4.78 is 5.69. The molecule has 0 radical (unpaired) electrons. The van der Waals surface area contributed by atoms with Gasteiger partial charge in [-0.3, -0.25) is 14.6 Å². The molecule has 0 spiro atoms. The maximum absolute atomic E-state index is 12.4. The van der Waals surface area contributed by atoms with Gasteiger partial charge in [0.05, 0.1) is 25.2 Å². The van der Waals surface area contributed by atoms with Crippen molar-refractivity contribution in [1.82, 2.24) is 14.7 Å². The molecule has 3 saturated heterocycles. The predicted octanol–water partition coefficient (Wildman–Crippen LogP) is 1.63. The molecule has 0 aromatic carbocycles. The van der Waals surface area contributed by atoms with Crippen molar-refractivity contribution < 1.29 is 9.53 Å². The minimum Gasteiger partial charge on any atom is -0.378 e. The first-order valence-electron chi connectivity index (χ1n) is 9.04. The van der Waals surface area contributed by atoms with Gasteiger partial charge in [0, 0.05) is 38.1 Å². The normalized spacial score (nSPS) is 29.2. The third kappa shape index (κ3) is 3.52. The van der Waals surface area contributed by atoms with Crippen LogP contribution in [0.5, 0.6) is 0 Å². The Morgan fingerprint density at radius 3 is 2.83 bits per heavy atom. The zero-order chi connectivity index (χ0) is 16.5. The second-order valence-corrected chi connectivity index (χ2v) is 8.43. The summed E-state index contributed by atoms with van der Waals surface area (Å²) in [6.45, 7) is 7.51. The van der Waals surface area contributed by atoms with E-state index >= 15 is 0 Å². The molecule has 2 bridgehead atoms. The molecule has 1 aromatic rings. The lowest BCUT2D eigenvalue weighted by atomic mass is 10.1. The molecule has 3 aliphatic rings. The first-order valence-corrected chi connectivity index (χ1v) is 9.92. The van der Waals surface area contributed by atoms with Crippen molar-refractivity contribution >= 4 is 17.2 Å². The van der Waals surface area contributed by atoms with Crippen LogP contribution in [0.4, 0.5) is 0 Å². The number of thiophene rings is 1. The summed E-state index contributed by atoms with van der Waals surface area (Å²) in [6, 6.07) is 2.56. The summed E-state index contributed by atoms with van der Waals surface area (Å²) in [5, 5.41) is 2.31. The molecule has 3 fully saturated rings. The van der Waals surface area contributed by atoms with E-state index in [0.29, 0.717) is 13.2 Å². The number of carbonyl (C=O) groups excluding carboxylic acids is 1. The number of rotatable bonds is 4. The van der Waals surface area contributed by atoms with Crippen LogP contribution in [0.1, 0.15) is 23.3 Å². The van der Waals surface area contributed by atoms with Gasteiger partial charge in [0.15, 0.2) is 0 Å². The number of fused-ring (bicyclic) bond motifs is 3. The standard InChI is InChI=1S/C18H27N3O2S/c1-19-16-9-21(8-15(18(19)22)11-23-12-16)10-17-6-14(13-24-17)7-20-4-2-3-5-20/h6,13,15-16H,2-5,7-12H2,1H3/t15-,16+/m1/s1. The van der Waals surface area contributed by atoms with Crippen LogP contribution in [0, 0.1) is 5.92 Å². The second kappa shape index (κ2) is 7.12. The van der Waals surface area contributed by atoms with Gasteiger partial charge in [-0.25, -0.2) is 0 Å². The molecule has 6 heteroatoms. The smallest absolute Gasteiger partial charge is 0.229 e. The van der Waals surface area contributed by atoms with Gasteiger partial charge in [0.1, 0.15) is 0 Å². The third-order valence-electron chi connectivity index (χ3n) is 5.51. The lowest BCUT2D eigenvalue weighted by molar-refractivity contribution is -0.133. The summed E-state index contributed by atoms with van der Waals surface area (Å²) in [6.07, 6.45) is 2.69. The summed E-state index contributed by atoms with van der Waals surface area (Å²) >= 11 is 1.86. The van der Waals surface area contributed by atoms with Crippen molar-refractivity contribution in [2.24, 2.45) is 5.92 Å². The monoisotopic (exact) mass is 349 g/mol. The van der Waals surface area contributed by atoms with Gasteiger partial charge in [0.2, 0.25) is 5.91 Å². The maximum Gasteiger partial charge on any atom is 0.229 e. The molecule has 2 atom stereocenters. The van der Waals surface area contributed by atoms with Gasteiger partial charge in [-0.15, -0.1) is 11.3 Å². The molecular formula is C18H27N3O2S. The average Bonchev–Trinajstić information content (AvgIpc) is 3.17. The van der Waals surface area contributed by atoms with Gasteiger partial charge in [0.25, 0.3) is 0 Å². The number of carbonyl (C=O) groups is 1. The molecule has 132 valence electrons. The highest BCUT2D eigenvalue weighted by atomic mass is 32.1. The fraction of sp³-hybridized carbons (Fsp3) is 0.722. The molecule has 5 nitrogen and oxygen atoms in total. The molecule has 1 aromatic heterocycles. The molecule has 4 rings (SSSR count). The van der Waals surface area contributed by atoms with E-state index < -0.39 is 0 Å². The van der Waals surface area contributed by atoms with E-state index in [1.165, 1.54) is 36.4 Å². The molecule has 24 heavy (non-hydrogen) atoms. The molecule has 1 amide bonds. The highest BCUT2D eigenvalue weighted by Gasteiger charge is 2.37. The van der Waals surface area contributed by atoms with E-state index in [0.717, 1.165) is 26.2 Å². The highest BCUT2D eigenvalue weighted by Crippen LogP contribution is 2.24. The van der Waals surface area contributed by atoms with Gasteiger partial charge >= 0.3 is 0 Å². The fourth-order valence-corrected chi connectivity index (χ4v) is 5.05. The van der Waals surface area contributed by atoms with Crippen LogP contribution in [0.25, 0.3) is 0 Å². The Labute approximate surface area is 148 Å². The molecule has 0 N–H and O–H groups in total. The zero-order valence-electron chi connectivity index (χ0n) is 14.4. The fourth-order valence-electron chi connectivity index (χ4n) is 4.13. The Hall–Kier alpha value is -0.950. The Morgan fingerprint density at radius 1 is 1.17 bits per heavy atom. The second-order valence-electron chi connectivity index (χ2n) is 7.44. The topological polar surface area (TPSA) is 36.0 Å². The van der Waals surface area contributed by atoms with Gasteiger partial charge in [-0.1, -0.05) is 0 Å². The van der Waals surface area contributed by atoms with E-state index in [4.69, 9.17) is 4.74 Å². The van der Waals surface area contributed by atoms with Crippen molar-refractivity contribution in [2.75, 3.05) is 46.4 Å². The Bertz CT molecular complexity index is 585. The number of likely N-dealkylation sites (tertiary alicyclic amines) is 1. The molecule has 3 aliphatic heterocycles. The lowest BCUT2D eigenvalue weighted by Gasteiger charge is -2.28. The minimum atomic E-state index is -0.00784. The molecule has 0 aliphatic carbocycles. The van der Waals surface area contributed by atoms with Gasteiger partial charge in [-0.05, 0) is 42.9 Å². The molecular weight excluding hydrogens is 322 g/mol. The van der Waals surface area contributed by atoms with Gasteiger partial charge in [-0.2, -0.15) is 0 Å². The number of hydrogen-bond acceptors (Lipinski definition) is 5. The van der Waals surface area contributed by atoms with Crippen molar-refractivity contribution in [3.05, 3.63) is 21.9 Å². The van der Waals surface area contributed by atoms with Crippen molar-refractivity contribution in [3.8, 4) is 0 Å². The quantitative estimate of drug-likeness (QED) is 0.828. The van der Waals surface area contributed by atoms with E-state index in [1.54, 1.807) is 0 Å². The van der Waals surface area contributed by atoms with Crippen LogP contribution >= 0.6 is 11.3 Å². The summed E-state index contributed by atoms with van der Waals surface area (Å²) in [7, 11) is 1.93. The molecule has 0 unspecified atom stereocenters. The SMILES string of the molecule is CN1C(=O)[C@H]2COC[C@@H]1CN(Cc1cc(CN3CCCC3)cs1)C2. The Morgan fingerprint density at radius 2 is 2.00 bits per heavy atom. The number of hydrogen-bond donors (Lipinski definition) is 0. The minimum absolute atomic E-state index is 0.00784. The van der Waals surface area contributed by atoms with Gasteiger partial charge < -0.3 is 9.64 Å². The molecule has 0 saturated carbocycles. The van der Waals surface area contributed by atoms with Crippen molar-refractivity contribution in [3.63, 3.8) is 0 Å².